The molecule has 2 rings (SSSR count). The van der Waals surface area contributed by atoms with Gasteiger partial charge in [-0.1, -0.05) is 11.6 Å². The molecular formula is C13H19ClN4O2. The second kappa shape index (κ2) is 6.03. The summed E-state index contributed by atoms with van der Waals surface area (Å²) < 4.78 is 0. The second-order valence-electron chi connectivity index (χ2n) is 5.60. The molecule has 1 aromatic heterocycles. The van der Waals surface area contributed by atoms with Gasteiger partial charge in [-0.05, 0) is 13.8 Å². The highest BCUT2D eigenvalue weighted by Gasteiger charge is 2.25. The number of hydrogen-bond donors (Lipinski definition) is 1. The fourth-order valence-electron chi connectivity index (χ4n) is 2.38. The maximum absolute atomic E-state index is 11.1. The van der Waals surface area contributed by atoms with Crippen molar-refractivity contribution in [2.75, 3.05) is 37.6 Å². The van der Waals surface area contributed by atoms with E-state index in [1.807, 2.05) is 4.90 Å². The predicted molar refractivity (Wildman–Crippen MR) is 77.4 cm³/mol. The van der Waals surface area contributed by atoms with Crippen LogP contribution in [0.1, 0.15) is 24.2 Å². The number of halogens is 1. The Morgan fingerprint density at radius 1 is 1.35 bits per heavy atom. The number of aromatic nitrogens is 2. The highest BCUT2D eigenvalue weighted by Crippen LogP contribution is 2.22. The first-order chi connectivity index (χ1) is 9.40. The van der Waals surface area contributed by atoms with Gasteiger partial charge >= 0.3 is 0 Å². The minimum absolute atomic E-state index is 0.184. The Hall–Kier alpha value is -1.24. The molecule has 110 valence electrons. The molecule has 0 aliphatic carbocycles. The van der Waals surface area contributed by atoms with Crippen LogP contribution in [0.2, 0.25) is 5.15 Å². The molecule has 1 aromatic rings. The van der Waals surface area contributed by atoms with Crippen LogP contribution < -0.4 is 4.90 Å². The lowest BCUT2D eigenvalue weighted by atomic mass is 10.1. The Bertz CT molecular complexity index is 482. The molecule has 0 amide bonds. The maximum Gasteiger partial charge on any atom is 0.156 e. The SMILES string of the molecule is CC(C)(O)CN1CCN(c2ncnc(Cl)c2C=O)CC1. The lowest BCUT2D eigenvalue weighted by molar-refractivity contribution is 0.0344. The maximum atomic E-state index is 11.1. The van der Waals surface area contributed by atoms with Crippen LogP contribution >= 0.6 is 11.6 Å². The molecule has 0 radical (unpaired) electrons. The van der Waals surface area contributed by atoms with Gasteiger partial charge in [0.1, 0.15) is 17.3 Å². The van der Waals surface area contributed by atoms with E-state index in [-0.39, 0.29) is 5.15 Å². The molecule has 0 aromatic carbocycles. The fraction of sp³-hybridized carbons (Fsp3) is 0.615. The van der Waals surface area contributed by atoms with E-state index >= 15 is 0 Å². The van der Waals surface area contributed by atoms with Crippen molar-refractivity contribution in [1.29, 1.82) is 0 Å². The molecule has 0 bridgehead atoms. The first-order valence-corrected chi connectivity index (χ1v) is 6.94. The topological polar surface area (TPSA) is 69.6 Å². The van der Waals surface area contributed by atoms with E-state index in [1.165, 1.54) is 6.33 Å². The zero-order valence-electron chi connectivity index (χ0n) is 11.7. The van der Waals surface area contributed by atoms with E-state index in [9.17, 15) is 9.90 Å². The number of aliphatic hydroxyl groups is 1. The molecule has 0 saturated carbocycles. The Kier molecular flexibility index (Phi) is 4.57. The number of β-amino-alcohol motifs (C(OH)–C–C–N with tert-alkyl or cyclic N) is 1. The monoisotopic (exact) mass is 298 g/mol. The van der Waals surface area contributed by atoms with Crippen molar-refractivity contribution in [3.05, 3.63) is 17.0 Å². The molecule has 1 saturated heterocycles. The molecule has 0 atom stereocenters. The predicted octanol–water partition coefficient (Wildman–Crippen LogP) is 0.835. The third-order valence-corrected chi connectivity index (χ3v) is 3.52. The number of aldehydes is 1. The van der Waals surface area contributed by atoms with E-state index in [1.54, 1.807) is 13.8 Å². The minimum Gasteiger partial charge on any atom is -0.389 e. The zero-order chi connectivity index (χ0) is 14.8. The van der Waals surface area contributed by atoms with Crippen LogP contribution in [-0.2, 0) is 0 Å². The summed E-state index contributed by atoms with van der Waals surface area (Å²) in [6, 6.07) is 0. The standard InChI is InChI=1S/C13H19ClN4O2/c1-13(2,20)8-17-3-5-18(6-4-17)12-10(7-19)11(14)15-9-16-12/h7,9,20H,3-6,8H2,1-2H3. The van der Waals surface area contributed by atoms with Gasteiger partial charge in [0, 0.05) is 32.7 Å². The van der Waals surface area contributed by atoms with Gasteiger partial charge < -0.3 is 10.0 Å². The minimum atomic E-state index is -0.700. The van der Waals surface area contributed by atoms with Crippen molar-refractivity contribution in [3.8, 4) is 0 Å². The molecule has 6 nitrogen and oxygen atoms in total. The first kappa shape index (κ1) is 15.2. The Balaban J connectivity index is 2.04. The van der Waals surface area contributed by atoms with Crippen LogP contribution in [0.5, 0.6) is 0 Å². The van der Waals surface area contributed by atoms with Gasteiger partial charge in [0.15, 0.2) is 6.29 Å². The zero-order valence-corrected chi connectivity index (χ0v) is 12.5. The van der Waals surface area contributed by atoms with E-state index < -0.39 is 5.60 Å². The van der Waals surface area contributed by atoms with Crippen molar-refractivity contribution in [2.24, 2.45) is 0 Å². The molecule has 0 unspecified atom stereocenters. The fourth-order valence-corrected chi connectivity index (χ4v) is 2.56. The van der Waals surface area contributed by atoms with Gasteiger partial charge in [-0.3, -0.25) is 9.69 Å². The second-order valence-corrected chi connectivity index (χ2v) is 5.95. The van der Waals surface area contributed by atoms with Gasteiger partial charge in [-0.2, -0.15) is 0 Å². The average molecular weight is 299 g/mol. The summed E-state index contributed by atoms with van der Waals surface area (Å²) in [6.07, 6.45) is 2.06. The van der Waals surface area contributed by atoms with E-state index in [0.29, 0.717) is 24.2 Å². The summed E-state index contributed by atoms with van der Waals surface area (Å²) >= 11 is 5.91. The summed E-state index contributed by atoms with van der Waals surface area (Å²) in [7, 11) is 0. The molecule has 20 heavy (non-hydrogen) atoms. The van der Waals surface area contributed by atoms with Gasteiger partial charge in [0.25, 0.3) is 0 Å². The largest absolute Gasteiger partial charge is 0.389 e. The highest BCUT2D eigenvalue weighted by atomic mass is 35.5. The number of piperazine rings is 1. The van der Waals surface area contributed by atoms with Crippen molar-refractivity contribution < 1.29 is 9.90 Å². The van der Waals surface area contributed by atoms with Gasteiger partial charge in [0.2, 0.25) is 0 Å². The van der Waals surface area contributed by atoms with E-state index in [2.05, 4.69) is 14.9 Å². The van der Waals surface area contributed by atoms with Crippen molar-refractivity contribution >= 4 is 23.7 Å². The molecule has 1 fully saturated rings. The third kappa shape index (κ3) is 3.65. The van der Waals surface area contributed by atoms with Crippen molar-refractivity contribution in [3.63, 3.8) is 0 Å². The molecule has 2 heterocycles. The summed E-state index contributed by atoms with van der Waals surface area (Å²) in [5, 5.41) is 10.0. The lowest BCUT2D eigenvalue weighted by Crippen LogP contribution is -2.50. The summed E-state index contributed by atoms with van der Waals surface area (Å²) in [5.74, 6) is 0.586. The van der Waals surface area contributed by atoms with Gasteiger partial charge in [0.05, 0.1) is 11.2 Å². The molecule has 0 spiro atoms. The normalized spacial score (nSPS) is 17.3. The van der Waals surface area contributed by atoms with Crippen LogP contribution in [0.25, 0.3) is 0 Å². The number of carbonyl (C=O) groups is 1. The number of hydrogen-bond acceptors (Lipinski definition) is 6. The van der Waals surface area contributed by atoms with Crippen molar-refractivity contribution in [2.45, 2.75) is 19.4 Å². The average Bonchev–Trinajstić information content (AvgIpc) is 2.37. The molecule has 1 aliphatic heterocycles. The van der Waals surface area contributed by atoms with Crippen LogP contribution in [0.3, 0.4) is 0 Å². The number of rotatable bonds is 4. The third-order valence-electron chi connectivity index (χ3n) is 3.21. The van der Waals surface area contributed by atoms with Crippen LogP contribution in [0.4, 0.5) is 5.82 Å². The van der Waals surface area contributed by atoms with Crippen LogP contribution in [-0.4, -0.2) is 64.6 Å². The lowest BCUT2D eigenvalue weighted by Gasteiger charge is -2.38. The summed E-state index contributed by atoms with van der Waals surface area (Å²) in [5.41, 5.74) is -0.362. The van der Waals surface area contributed by atoms with Gasteiger partial charge in [-0.15, -0.1) is 0 Å². The number of carbonyl (C=O) groups excluding carboxylic acids is 1. The Morgan fingerprint density at radius 2 is 2.00 bits per heavy atom. The summed E-state index contributed by atoms with van der Waals surface area (Å²) in [4.78, 5) is 23.3. The Labute approximate surface area is 123 Å². The first-order valence-electron chi connectivity index (χ1n) is 6.56. The van der Waals surface area contributed by atoms with Crippen molar-refractivity contribution in [1.82, 2.24) is 14.9 Å². The molecule has 1 N–H and O–H groups in total. The van der Waals surface area contributed by atoms with Crippen LogP contribution in [0.15, 0.2) is 6.33 Å². The van der Waals surface area contributed by atoms with Crippen LogP contribution in [0, 0.1) is 0 Å². The van der Waals surface area contributed by atoms with E-state index in [4.69, 9.17) is 11.6 Å². The highest BCUT2D eigenvalue weighted by molar-refractivity contribution is 6.32. The van der Waals surface area contributed by atoms with E-state index in [0.717, 1.165) is 26.2 Å². The molecular weight excluding hydrogens is 280 g/mol. The molecule has 7 heteroatoms. The Morgan fingerprint density at radius 3 is 2.55 bits per heavy atom. The quantitative estimate of drug-likeness (QED) is 0.656. The smallest absolute Gasteiger partial charge is 0.156 e. The van der Waals surface area contributed by atoms with Gasteiger partial charge in [-0.25, -0.2) is 9.97 Å². The summed E-state index contributed by atoms with van der Waals surface area (Å²) in [6.45, 7) is 7.33. The molecule has 1 aliphatic rings. The number of anilines is 1. The number of nitrogens with zero attached hydrogens (tertiary/aromatic N) is 4.